The molecule has 0 aromatic heterocycles. The smallest absolute Gasteiger partial charge is 0.269 e. The van der Waals surface area contributed by atoms with Gasteiger partial charge in [-0.2, -0.15) is 0 Å². The predicted molar refractivity (Wildman–Crippen MR) is 98.3 cm³/mol. The van der Waals surface area contributed by atoms with Crippen LogP contribution in [0.1, 0.15) is 52.4 Å². The van der Waals surface area contributed by atoms with E-state index in [0.29, 0.717) is 5.56 Å². The van der Waals surface area contributed by atoms with Gasteiger partial charge in [0.15, 0.2) is 0 Å². The summed E-state index contributed by atoms with van der Waals surface area (Å²) in [6.07, 6.45) is 2.54. The van der Waals surface area contributed by atoms with Gasteiger partial charge in [0.05, 0.1) is 5.41 Å². The van der Waals surface area contributed by atoms with Gasteiger partial charge in [0.2, 0.25) is 5.91 Å². The molecule has 2 N–H and O–H groups in total. The van der Waals surface area contributed by atoms with Gasteiger partial charge < -0.3 is 0 Å². The van der Waals surface area contributed by atoms with E-state index in [0.717, 1.165) is 36.0 Å². The molecule has 1 aliphatic rings. The van der Waals surface area contributed by atoms with E-state index in [1.54, 1.807) is 12.1 Å². The van der Waals surface area contributed by atoms with E-state index >= 15 is 0 Å². The average molecular weight is 336 g/mol. The molecule has 0 heterocycles. The van der Waals surface area contributed by atoms with Crippen LogP contribution < -0.4 is 10.9 Å². The molecular weight excluding hydrogens is 312 g/mol. The highest BCUT2D eigenvalue weighted by Crippen LogP contribution is 2.48. The molecule has 1 aliphatic carbocycles. The van der Waals surface area contributed by atoms with Crippen molar-refractivity contribution in [3.05, 3.63) is 70.3 Å². The standard InChI is InChI=1S/C21H24N2O2/c1-4-16-5-7-17(8-6-16)19(24)22-23-20(25)21(9-10-21)18-12-14(2)11-15(3)13-18/h5-8,11-13H,4,9-10H2,1-3H3,(H,22,24)(H,23,25). The Morgan fingerprint density at radius 1 is 0.960 bits per heavy atom. The van der Waals surface area contributed by atoms with E-state index < -0.39 is 5.41 Å². The molecule has 3 rings (SSSR count). The van der Waals surface area contributed by atoms with Crippen LogP contribution in [0.5, 0.6) is 0 Å². The van der Waals surface area contributed by atoms with Crippen LogP contribution in [0.15, 0.2) is 42.5 Å². The third-order valence-electron chi connectivity index (χ3n) is 4.87. The molecule has 0 radical (unpaired) electrons. The van der Waals surface area contributed by atoms with E-state index in [2.05, 4.69) is 36.0 Å². The van der Waals surface area contributed by atoms with Gasteiger partial charge in [0, 0.05) is 5.56 Å². The molecule has 25 heavy (non-hydrogen) atoms. The number of nitrogens with one attached hydrogen (secondary N) is 2. The Kier molecular flexibility index (Phi) is 4.62. The van der Waals surface area contributed by atoms with Crippen LogP contribution in [-0.2, 0) is 16.6 Å². The summed E-state index contributed by atoms with van der Waals surface area (Å²) < 4.78 is 0. The topological polar surface area (TPSA) is 58.2 Å². The summed E-state index contributed by atoms with van der Waals surface area (Å²) in [5.74, 6) is -0.441. The fourth-order valence-electron chi connectivity index (χ4n) is 3.22. The second-order valence-corrected chi connectivity index (χ2v) is 6.92. The zero-order valence-corrected chi connectivity index (χ0v) is 15.0. The highest BCUT2D eigenvalue weighted by atomic mass is 16.2. The molecule has 4 heteroatoms. The van der Waals surface area contributed by atoms with E-state index in [4.69, 9.17) is 0 Å². The molecule has 0 saturated heterocycles. The largest absolute Gasteiger partial charge is 0.272 e. The first-order chi connectivity index (χ1) is 11.9. The van der Waals surface area contributed by atoms with Crippen molar-refractivity contribution in [3.63, 3.8) is 0 Å². The summed E-state index contributed by atoms with van der Waals surface area (Å²) in [6.45, 7) is 6.13. The Bertz CT molecular complexity index is 785. The number of carbonyl (C=O) groups is 2. The van der Waals surface area contributed by atoms with Crippen molar-refractivity contribution in [1.82, 2.24) is 10.9 Å². The highest BCUT2D eigenvalue weighted by Gasteiger charge is 2.51. The lowest BCUT2D eigenvalue weighted by Gasteiger charge is -2.17. The number of amides is 2. The first-order valence-electron chi connectivity index (χ1n) is 8.73. The van der Waals surface area contributed by atoms with Crippen LogP contribution in [0.25, 0.3) is 0 Å². The lowest BCUT2D eigenvalue weighted by molar-refractivity contribution is -0.124. The maximum atomic E-state index is 12.7. The molecule has 1 fully saturated rings. The summed E-state index contributed by atoms with van der Waals surface area (Å²) in [6, 6.07) is 13.6. The van der Waals surface area contributed by atoms with Crippen molar-refractivity contribution in [2.45, 2.75) is 45.4 Å². The lowest BCUT2D eigenvalue weighted by atomic mass is 9.92. The molecule has 130 valence electrons. The average Bonchev–Trinajstić information content (AvgIpc) is 3.40. The summed E-state index contributed by atoms with van der Waals surface area (Å²) in [5.41, 5.74) is 9.69. The lowest BCUT2D eigenvalue weighted by Crippen LogP contribution is -2.46. The molecule has 2 aromatic carbocycles. The Labute approximate surface area is 148 Å². The maximum Gasteiger partial charge on any atom is 0.269 e. The minimum absolute atomic E-state index is 0.143. The number of aryl methyl sites for hydroxylation is 3. The quantitative estimate of drug-likeness (QED) is 0.841. The van der Waals surface area contributed by atoms with Crippen molar-refractivity contribution in [2.75, 3.05) is 0 Å². The van der Waals surface area contributed by atoms with Crippen molar-refractivity contribution in [1.29, 1.82) is 0 Å². The Morgan fingerprint density at radius 2 is 1.56 bits per heavy atom. The molecule has 1 saturated carbocycles. The monoisotopic (exact) mass is 336 g/mol. The minimum Gasteiger partial charge on any atom is -0.272 e. The van der Waals surface area contributed by atoms with Crippen molar-refractivity contribution in [2.24, 2.45) is 0 Å². The number of carbonyl (C=O) groups excluding carboxylic acids is 2. The molecule has 0 unspecified atom stereocenters. The van der Waals surface area contributed by atoms with Gasteiger partial charge >= 0.3 is 0 Å². The van der Waals surface area contributed by atoms with Crippen LogP contribution in [0.4, 0.5) is 0 Å². The molecule has 0 spiro atoms. The van der Waals surface area contributed by atoms with Gasteiger partial charge in [0.25, 0.3) is 5.91 Å². The number of hydrazine groups is 1. The zero-order chi connectivity index (χ0) is 18.0. The molecular formula is C21H24N2O2. The van der Waals surface area contributed by atoms with Gasteiger partial charge in [0.1, 0.15) is 0 Å². The van der Waals surface area contributed by atoms with Crippen LogP contribution in [0, 0.1) is 13.8 Å². The van der Waals surface area contributed by atoms with E-state index in [9.17, 15) is 9.59 Å². The highest BCUT2D eigenvalue weighted by molar-refractivity contribution is 5.97. The van der Waals surface area contributed by atoms with Crippen molar-refractivity contribution in [3.8, 4) is 0 Å². The molecule has 0 bridgehead atoms. The van der Waals surface area contributed by atoms with Gasteiger partial charge in [-0.3, -0.25) is 20.4 Å². The van der Waals surface area contributed by atoms with E-state index in [1.807, 2.05) is 26.0 Å². The fraction of sp³-hybridized carbons (Fsp3) is 0.333. The van der Waals surface area contributed by atoms with Crippen LogP contribution in [0.2, 0.25) is 0 Å². The number of benzene rings is 2. The van der Waals surface area contributed by atoms with Gasteiger partial charge in [-0.05, 0) is 56.4 Å². The summed E-state index contributed by atoms with van der Waals surface area (Å²) in [7, 11) is 0. The number of hydrogen-bond acceptors (Lipinski definition) is 2. The number of hydrogen-bond donors (Lipinski definition) is 2. The fourth-order valence-corrected chi connectivity index (χ4v) is 3.22. The van der Waals surface area contributed by atoms with Crippen LogP contribution >= 0.6 is 0 Å². The van der Waals surface area contributed by atoms with Crippen LogP contribution in [0.3, 0.4) is 0 Å². The van der Waals surface area contributed by atoms with Gasteiger partial charge in [-0.15, -0.1) is 0 Å². The second kappa shape index (κ2) is 6.71. The number of rotatable bonds is 4. The van der Waals surface area contributed by atoms with Crippen LogP contribution in [-0.4, -0.2) is 11.8 Å². The van der Waals surface area contributed by atoms with Gasteiger partial charge in [-0.25, -0.2) is 0 Å². The third-order valence-corrected chi connectivity index (χ3v) is 4.87. The molecule has 4 nitrogen and oxygen atoms in total. The normalized spacial score (nSPS) is 14.7. The summed E-state index contributed by atoms with van der Waals surface area (Å²) >= 11 is 0. The molecule has 0 atom stereocenters. The summed E-state index contributed by atoms with van der Waals surface area (Å²) in [5, 5.41) is 0. The maximum absolute atomic E-state index is 12.7. The van der Waals surface area contributed by atoms with Crippen molar-refractivity contribution >= 4 is 11.8 Å². The molecule has 2 amide bonds. The van der Waals surface area contributed by atoms with E-state index in [1.165, 1.54) is 5.56 Å². The van der Waals surface area contributed by atoms with E-state index in [-0.39, 0.29) is 11.8 Å². The molecule has 2 aromatic rings. The third kappa shape index (κ3) is 3.58. The Balaban J connectivity index is 1.66. The Hall–Kier alpha value is -2.62. The first-order valence-corrected chi connectivity index (χ1v) is 8.73. The first kappa shape index (κ1) is 17.2. The SMILES string of the molecule is CCc1ccc(C(=O)NNC(=O)C2(c3cc(C)cc(C)c3)CC2)cc1. The minimum atomic E-state index is -0.504. The summed E-state index contributed by atoms with van der Waals surface area (Å²) in [4.78, 5) is 24.9. The predicted octanol–water partition coefficient (Wildman–Crippen LogP) is 3.36. The second-order valence-electron chi connectivity index (χ2n) is 6.92. The zero-order valence-electron chi connectivity index (χ0n) is 15.0. The van der Waals surface area contributed by atoms with Gasteiger partial charge in [-0.1, -0.05) is 48.4 Å². The van der Waals surface area contributed by atoms with Crippen molar-refractivity contribution < 1.29 is 9.59 Å². The Morgan fingerprint density at radius 3 is 2.08 bits per heavy atom. The molecule has 0 aliphatic heterocycles.